The van der Waals surface area contributed by atoms with Crippen molar-refractivity contribution in [3.63, 3.8) is 0 Å². The molecule has 0 spiro atoms. The van der Waals surface area contributed by atoms with Crippen LogP contribution in [0.15, 0.2) is 18.5 Å². The molecule has 1 heterocycles. The normalized spacial score (nSPS) is 22.6. The van der Waals surface area contributed by atoms with Crippen LogP contribution in [0.3, 0.4) is 0 Å². The van der Waals surface area contributed by atoms with Crippen LogP contribution in [-0.4, -0.2) is 27.8 Å². The number of amides is 1. The summed E-state index contributed by atoms with van der Waals surface area (Å²) in [5.41, 5.74) is 6.07. The Labute approximate surface area is 138 Å². The fourth-order valence-electron chi connectivity index (χ4n) is 2.80. The summed E-state index contributed by atoms with van der Waals surface area (Å²) in [4.78, 5) is 12.0. The van der Waals surface area contributed by atoms with Crippen molar-refractivity contribution in [2.45, 2.75) is 57.7 Å². The van der Waals surface area contributed by atoms with Crippen molar-refractivity contribution >= 4 is 30.7 Å². The molecule has 3 atom stereocenters. The first-order valence-electron chi connectivity index (χ1n) is 7.17. The van der Waals surface area contributed by atoms with Crippen LogP contribution in [-0.2, 0) is 11.3 Å². The van der Waals surface area contributed by atoms with Gasteiger partial charge in [-0.05, 0) is 31.7 Å². The third kappa shape index (κ3) is 6.68. The van der Waals surface area contributed by atoms with E-state index in [1.807, 2.05) is 23.9 Å². The molecule has 1 aromatic rings. The monoisotopic (exact) mass is 336 g/mol. The summed E-state index contributed by atoms with van der Waals surface area (Å²) in [7, 11) is 0. The summed E-state index contributed by atoms with van der Waals surface area (Å²) in [5, 5.41) is 7.17. The lowest BCUT2D eigenvalue weighted by Gasteiger charge is -2.28. The van der Waals surface area contributed by atoms with Gasteiger partial charge in [0.05, 0.1) is 6.54 Å². The second kappa shape index (κ2) is 10.0. The first-order valence-corrected chi connectivity index (χ1v) is 7.17. The quantitative estimate of drug-likeness (QED) is 0.865. The number of aromatic nitrogens is 2. The first-order chi connectivity index (χ1) is 9.15. The molecule has 0 aromatic carbocycles. The topological polar surface area (TPSA) is 72.9 Å². The summed E-state index contributed by atoms with van der Waals surface area (Å²) < 4.78 is 1.83. The molecule has 1 saturated carbocycles. The van der Waals surface area contributed by atoms with E-state index in [1.165, 1.54) is 12.8 Å². The third-order valence-electron chi connectivity index (χ3n) is 3.84. The van der Waals surface area contributed by atoms with Gasteiger partial charge in [-0.2, -0.15) is 5.10 Å². The average Bonchev–Trinajstić information content (AvgIpc) is 2.84. The molecule has 1 fully saturated rings. The number of carbonyl (C=O) groups is 1. The standard InChI is InChI=1S/C14H24N4O.2ClH/c1-11(10-18-8-4-7-16-18)17-14(19)9-12-5-2-3-6-13(12)15;;/h4,7-8,11-13H,2-3,5-6,9-10,15H2,1H3,(H,17,19);2*1H. The van der Waals surface area contributed by atoms with Crippen molar-refractivity contribution in [1.29, 1.82) is 0 Å². The number of nitrogens with zero attached hydrogens (tertiary/aromatic N) is 2. The van der Waals surface area contributed by atoms with E-state index < -0.39 is 0 Å². The number of carbonyl (C=O) groups excluding carboxylic acids is 1. The fraction of sp³-hybridized carbons (Fsp3) is 0.714. The van der Waals surface area contributed by atoms with Crippen LogP contribution < -0.4 is 11.1 Å². The lowest BCUT2D eigenvalue weighted by molar-refractivity contribution is -0.123. The van der Waals surface area contributed by atoms with Gasteiger partial charge in [0.2, 0.25) is 5.91 Å². The second-order valence-corrected chi connectivity index (χ2v) is 5.61. The Morgan fingerprint density at radius 1 is 1.43 bits per heavy atom. The van der Waals surface area contributed by atoms with Crippen LogP contribution in [0.25, 0.3) is 0 Å². The van der Waals surface area contributed by atoms with E-state index in [2.05, 4.69) is 10.4 Å². The van der Waals surface area contributed by atoms with E-state index >= 15 is 0 Å². The maximum Gasteiger partial charge on any atom is 0.220 e. The van der Waals surface area contributed by atoms with Crippen LogP contribution in [0.1, 0.15) is 39.0 Å². The van der Waals surface area contributed by atoms with Gasteiger partial charge in [-0.3, -0.25) is 9.48 Å². The zero-order valence-corrected chi connectivity index (χ0v) is 14.0. The molecule has 1 aliphatic carbocycles. The minimum atomic E-state index is 0. The maximum atomic E-state index is 12.0. The number of hydrogen-bond donors (Lipinski definition) is 2. The molecule has 1 aliphatic rings. The van der Waals surface area contributed by atoms with E-state index in [1.54, 1.807) is 6.20 Å². The van der Waals surface area contributed by atoms with Crippen molar-refractivity contribution in [2.24, 2.45) is 11.7 Å². The Hall–Kier alpha value is -0.780. The van der Waals surface area contributed by atoms with Gasteiger partial charge in [0, 0.05) is 30.9 Å². The van der Waals surface area contributed by atoms with E-state index in [9.17, 15) is 4.79 Å². The van der Waals surface area contributed by atoms with Gasteiger partial charge in [-0.1, -0.05) is 12.8 Å². The minimum absolute atomic E-state index is 0. The lowest BCUT2D eigenvalue weighted by Crippen LogP contribution is -2.40. The van der Waals surface area contributed by atoms with Gasteiger partial charge in [0.15, 0.2) is 0 Å². The molecule has 0 bridgehead atoms. The Bertz CT molecular complexity index is 400. The van der Waals surface area contributed by atoms with Crippen LogP contribution in [0.4, 0.5) is 0 Å². The highest BCUT2D eigenvalue weighted by molar-refractivity contribution is 5.85. The predicted molar refractivity (Wildman–Crippen MR) is 88.9 cm³/mol. The van der Waals surface area contributed by atoms with E-state index in [-0.39, 0.29) is 42.8 Å². The Morgan fingerprint density at radius 3 is 2.76 bits per heavy atom. The lowest BCUT2D eigenvalue weighted by atomic mass is 9.83. The molecule has 5 nitrogen and oxygen atoms in total. The summed E-state index contributed by atoms with van der Waals surface area (Å²) in [5.74, 6) is 0.465. The van der Waals surface area contributed by atoms with Gasteiger partial charge in [-0.15, -0.1) is 24.8 Å². The van der Waals surface area contributed by atoms with Crippen molar-refractivity contribution in [2.75, 3.05) is 0 Å². The fourth-order valence-corrected chi connectivity index (χ4v) is 2.80. The molecule has 1 aromatic heterocycles. The van der Waals surface area contributed by atoms with Gasteiger partial charge in [0.25, 0.3) is 0 Å². The van der Waals surface area contributed by atoms with Gasteiger partial charge >= 0.3 is 0 Å². The summed E-state index contributed by atoms with van der Waals surface area (Å²) in [6.07, 6.45) is 8.76. The molecule has 3 unspecified atom stereocenters. The Kier molecular flexibility index (Phi) is 9.66. The Balaban J connectivity index is 0.00000200. The summed E-state index contributed by atoms with van der Waals surface area (Å²) in [6.45, 7) is 2.70. The molecule has 21 heavy (non-hydrogen) atoms. The van der Waals surface area contributed by atoms with Crippen molar-refractivity contribution in [3.05, 3.63) is 18.5 Å². The highest BCUT2D eigenvalue weighted by Crippen LogP contribution is 2.25. The van der Waals surface area contributed by atoms with E-state index in [0.717, 1.165) is 12.8 Å². The second-order valence-electron chi connectivity index (χ2n) is 5.61. The highest BCUT2D eigenvalue weighted by Gasteiger charge is 2.24. The predicted octanol–water partition coefficient (Wildman–Crippen LogP) is 2.14. The van der Waals surface area contributed by atoms with Crippen molar-refractivity contribution < 1.29 is 4.79 Å². The molecule has 1 amide bonds. The van der Waals surface area contributed by atoms with Crippen LogP contribution in [0.2, 0.25) is 0 Å². The van der Waals surface area contributed by atoms with Crippen molar-refractivity contribution in [1.82, 2.24) is 15.1 Å². The summed E-state index contributed by atoms with van der Waals surface area (Å²) >= 11 is 0. The molecule has 7 heteroatoms. The number of hydrogen-bond acceptors (Lipinski definition) is 3. The maximum absolute atomic E-state index is 12.0. The number of nitrogens with one attached hydrogen (secondary N) is 1. The van der Waals surface area contributed by atoms with Crippen LogP contribution in [0.5, 0.6) is 0 Å². The molecule has 0 radical (unpaired) electrons. The third-order valence-corrected chi connectivity index (χ3v) is 3.84. The van der Waals surface area contributed by atoms with Crippen LogP contribution >= 0.6 is 24.8 Å². The van der Waals surface area contributed by atoms with E-state index in [4.69, 9.17) is 5.73 Å². The number of halogens is 2. The van der Waals surface area contributed by atoms with E-state index in [0.29, 0.717) is 18.9 Å². The van der Waals surface area contributed by atoms with Gasteiger partial charge in [-0.25, -0.2) is 0 Å². The van der Waals surface area contributed by atoms with Gasteiger partial charge in [0.1, 0.15) is 0 Å². The highest BCUT2D eigenvalue weighted by atomic mass is 35.5. The average molecular weight is 337 g/mol. The largest absolute Gasteiger partial charge is 0.352 e. The van der Waals surface area contributed by atoms with Gasteiger partial charge < -0.3 is 11.1 Å². The molecular formula is C14H26Cl2N4O. The zero-order valence-electron chi connectivity index (χ0n) is 12.4. The summed E-state index contributed by atoms with van der Waals surface area (Å²) in [6, 6.07) is 2.17. The number of rotatable bonds is 5. The zero-order chi connectivity index (χ0) is 13.7. The molecule has 122 valence electrons. The molecular weight excluding hydrogens is 311 g/mol. The number of nitrogens with two attached hydrogens (primary N) is 1. The molecule has 2 rings (SSSR count). The van der Waals surface area contributed by atoms with Crippen LogP contribution in [0, 0.1) is 5.92 Å². The van der Waals surface area contributed by atoms with Crippen molar-refractivity contribution in [3.8, 4) is 0 Å². The Morgan fingerprint density at radius 2 is 2.14 bits per heavy atom. The minimum Gasteiger partial charge on any atom is -0.352 e. The smallest absolute Gasteiger partial charge is 0.220 e. The molecule has 3 N–H and O–H groups in total. The SMILES string of the molecule is CC(Cn1cccn1)NC(=O)CC1CCCCC1N.Cl.Cl. The first kappa shape index (κ1) is 20.2. The molecule has 0 saturated heterocycles. The molecule has 0 aliphatic heterocycles.